The van der Waals surface area contributed by atoms with E-state index >= 15 is 0 Å². The predicted molar refractivity (Wildman–Crippen MR) is 41.5 cm³/mol. The zero-order chi connectivity index (χ0) is 9.11. The highest BCUT2D eigenvalue weighted by Gasteiger charge is 1.86. The molecule has 0 heterocycles. The van der Waals surface area contributed by atoms with E-state index in [9.17, 15) is 13.2 Å². The van der Waals surface area contributed by atoms with Crippen molar-refractivity contribution in [3.05, 3.63) is 0 Å². The molecular weight excluding hydrogens is 153 g/mol. The van der Waals surface area contributed by atoms with E-state index in [1.807, 2.05) is 0 Å². The molecule has 0 spiro atoms. The number of halogens is 3. The van der Waals surface area contributed by atoms with Gasteiger partial charge in [0.2, 0.25) is 0 Å². The Morgan fingerprint density at radius 1 is 0.818 bits per heavy atom. The summed E-state index contributed by atoms with van der Waals surface area (Å²) in [6, 6.07) is 0. The topological polar surface area (TPSA) is 0 Å². The van der Waals surface area contributed by atoms with Crippen molar-refractivity contribution < 1.29 is 13.2 Å². The molecule has 11 heavy (non-hydrogen) atoms. The second-order valence-corrected chi connectivity index (χ2v) is 2.31. The van der Waals surface area contributed by atoms with E-state index in [4.69, 9.17) is 0 Å². The summed E-state index contributed by atoms with van der Waals surface area (Å²) in [5.74, 6) is 0. The Morgan fingerprint density at radius 2 is 1.09 bits per heavy atom. The minimum Gasteiger partial charge on any atom is -0.174 e. The lowest BCUT2D eigenvalue weighted by atomic mass is 10.2. The standard InChI is InChI=1S/C7H16.CHF3/c1-3-5-7-6-4-2;2-1(3)4/h3-7H2,1-2H3;1H. The fourth-order valence-electron chi connectivity index (χ4n) is 0.677. The van der Waals surface area contributed by atoms with Crippen LogP contribution in [0.25, 0.3) is 0 Å². The van der Waals surface area contributed by atoms with Gasteiger partial charge < -0.3 is 0 Å². The Balaban J connectivity index is 0. The lowest BCUT2D eigenvalue weighted by Crippen LogP contribution is -1.70. The molecule has 0 aromatic heterocycles. The van der Waals surface area contributed by atoms with Gasteiger partial charge in [0, 0.05) is 0 Å². The van der Waals surface area contributed by atoms with Crippen LogP contribution in [-0.2, 0) is 0 Å². The van der Waals surface area contributed by atoms with Crippen molar-refractivity contribution >= 4 is 0 Å². The minimum atomic E-state index is -3.67. The summed E-state index contributed by atoms with van der Waals surface area (Å²) in [7, 11) is 0. The molecule has 0 bridgehead atoms. The number of alkyl halides is 3. The van der Waals surface area contributed by atoms with E-state index in [1.165, 1.54) is 32.1 Å². The van der Waals surface area contributed by atoms with Gasteiger partial charge >= 0.3 is 6.68 Å². The first-order valence-corrected chi connectivity index (χ1v) is 4.07. The van der Waals surface area contributed by atoms with Gasteiger partial charge in [-0.3, -0.25) is 0 Å². The summed E-state index contributed by atoms with van der Waals surface area (Å²) in [6.45, 7) is 0.825. The summed E-state index contributed by atoms with van der Waals surface area (Å²) in [6.07, 6.45) is 7.01. The van der Waals surface area contributed by atoms with E-state index in [-0.39, 0.29) is 0 Å². The van der Waals surface area contributed by atoms with E-state index in [0.29, 0.717) is 0 Å². The normalized spacial score (nSPS) is 9.27. The molecule has 0 nitrogen and oxygen atoms in total. The summed E-state index contributed by atoms with van der Waals surface area (Å²) in [5, 5.41) is 0. The van der Waals surface area contributed by atoms with E-state index in [0.717, 1.165) is 0 Å². The van der Waals surface area contributed by atoms with Crippen LogP contribution < -0.4 is 0 Å². The quantitative estimate of drug-likeness (QED) is 0.556. The monoisotopic (exact) mass is 170 g/mol. The maximum Gasteiger partial charge on any atom is 0.379 e. The van der Waals surface area contributed by atoms with Gasteiger partial charge in [0.15, 0.2) is 0 Å². The predicted octanol–water partition coefficient (Wildman–Crippen LogP) is 4.16. The third-order valence-corrected chi connectivity index (χ3v) is 1.21. The highest BCUT2D eigenvalue weighted by molar-refractivity contribution is 4.35. The van der Waals surface area contributed by atoms with Crippen LogP contribution in [0.4, 0.5) is 13.2 Å². The third kappa shape index (κ3) is 41.4. The Hall–Kier alpha value is -0.210. The molecule has 0 aliphatic heterocycles. The molecule has 0 N–H and O–H groups in total. The largest absolute Gasteiger partial charge is 0.379 e. The average molecular weight is 170 g/mol. The molecule has 0 aliphatic carbocycles. The summed E-state index contributed by atoms with van der Waals surface area (Å²) in [4.78, 5) is 0. The van der Waals surface area contributed by atoms with Crippen LogP contribution in [0.1, 0.15) is 46.0 Å². The van der Waals surface area contributed by atoms with Crippen LogP contribution in [-0.4, -0.2) is 6.68 Å². The van der Waals surface area contributed by atoms with Gasteiger partial charge in [0.05, 0.1) is 0 Å². The number of rotatable bonds is 4. The Kier molecular flexibility index (Phi) is 15.2. The smallest absolute Gasteiger partial charge is 0.174 e. The molecule has 0 rings (SSSR count). The maximum atomic E-state index is 9.67. The number of unbranched alkanes of at least 4 members (excludes halogenated alkanes) is 4. The Morgan fingerprint density at radius 3 is 1.27 bits per heavy atom. The van der Waals surface area contributed by atoms with E-state index < -0.39 is 6.68 Å². The number of hydrogen-bond donors (Lipinski definition) is 0. The molecule has 0 saturated heterocycles. The second kappa shape index (κ2) is 12.5. The molecule has 70 valence electrons. The molecule has 0 saturated carbocycles. The van der Waals surface area contributed by atoms with Crippen molar-refractivity contribution in [1.82, 2.24) is 0 Å². The van der Waals surface area contributed by atoms with Gasteiger partial charge in [0.25, 0.3) is 0 Å². The first-order valence-electron chi connectivity index (χ1n) is 4.07. The van der Waals surface area contributed by atoms with E-state index in [1.54, 1.807) is 0 Å². The number of hydrogen-bond acceptors (Lipinski definition) is 0. The first-order chi connectivity index (χ1) is 5.15. The first kappa shape index (κ1) is 13.4. The Bertz CT molecular complexity index is 48.5. The van der Waals surface area contributed by atoms with Gasteiger partial charge in [0.1, 0.15) is 0 Å². The molecular formula is C8H17F3. The fourth-order valence-corrected chi connectivity index (χ4v) is 0.677. The van der Waals surface area contributed by atoms with Gasteiger partial charge in [-0.2, -0.15) is 13.2 Å². The maximum absolute atomic E-state index is 9.67. The molecule has 0 unspecified atom stereocenters. The summed E-state index contributed by atoms with van der Waals surface area (Å²) >= 11 is 0. The van der Waals surface area contributed by atoms with Gasteiger partial charge in [-0.1, -0.05) is 46.0 Å². The molecule has 0 fully saturated rings. The minimum absolute atomic E-state index is 1.36. The van der Waals surface area contributed by atoms with Crippen LogP contribution in [0, 0.1) is 0 Å². The van der Waals surface area contributed by atoms with Crippen LogP contribution in [0.3, 0.4) is 0 Å². The van der Waals surface area contributed by atoms with Crippen LogP contribution >= 0.6 is 0 Å². The fraction of sp³-hybridized carbons (Fsp3) is 1.00. The van der Waals surface area contributed by atoms with Gasteiger partial charge in [-0.15, -0.1) is 0 Å². The molecule has 0 radical (unpaired) electrons. The van der Waals surface area contributed by atoms with Crippen molar-refractivity contribution in [3.63, 3.8) is 0 Å². The summed E-state index contributed by atoms with van der Waals surface area (Å²) < 4.78 is 29.0. The van der Waals surface area contributed by atoms with Crippen molar-refractivity contribution in [2.45, 2.75) is 52.6 Å². The van der Waals surface area contributed by atoms with Crippen LogP contribution in [0.15, 0.2) is 0 Å². The molecule has 0 aromatic rings. The molecule has 0 aliphatic rings. The van der Waals surface area contributed by atoms with Gasteiger partial charge in [-0.25, -0.2) is 0 Å². The SMILES string of the molecule is CCCCCCC.FC(F)F. The average Bonchev–Trinajstić information content (AvgIpc) is 1.88. The Labute approximate surface area is 66.8 Å². The molecule has 0 atom stereocenters. The third-order valence-electron chi connectivity index (χ3n) is 1.21. The molecule has 3 heteroatoms. The van der Waals surface area contributed by atoms with Crippen molar-refractivity contribution in [1.29, 1.82) is 0 Å². The zero-order valence-corrected chi connectivity index (χ0v) is 7.25. The van der Waals surface area contributed by atoms with Crippen molar-refractivity contribution in [3.8, 4) is 0 Å². The van der Waals surface area contributed by atoms with Crippen molar-refractivity contribution in [2.24, 2.45) is 0 Å². The van der Waals surface area contributed by atoms with Crippen LogP contribution in [0.5, 0.6) is 0 Å². The lowest BCUT2D eigenvalue weighted by molar-refractivity contribution is 0.00819. The highest BCUT2D eigenvalue weighted by atomic mass is 19.4. The highest BCUT2D eigenvalue weighted by Crippen LogP contribution is 2.00. The van der Waals surface area contributed by atoms with Gasteiger partial charge in [-0.05, 0) is 0 Å². The van der Waals surface area contributed by atoms with Crippen LogP contribution in [0.2, 0.25) is 0 Å². The second-order valence-electron chi connectivity index (χ2n) is 2.31. The lowest BCUT2D eigenvalue weighted by Gasteiger charge is -1.90. The van der Waals surface area contributed by atoms with Crippen molar-refractivity contribution in [2.75, 3.05) is 0 Å². The summed E-state index contributed by atoms with van der Waals surface area (Å²) in [5.41, 5.74) is 0. The molecule has 0 amide bonds. The zero-order valence-electron chi connectivity index (χ0n) is 7.25. The molecule has 0 aromatic carbocycles. The van der Waals surface area contributed by atoms with E-state index in [2.05, 4.69) is 13.8 Å².